The molecule has 0 bridgehead atoms. The third-order valence-corrected chi connectivity index (χ3v) is 4.30. The van der Waals surface area contributed by atoms with Gasteiger partial charge in [-0.2, -0.15) is 0 Å². The van der Waals surface area contributed by atoms with Crippen molar-refractivity contribution in [1.82, 2.24) is 4.90 Å². The second-order valence-corrected chi connectivity index (χ2v) is 6.30. The van der Waals surface area contributed by atoms with Crippen LogP contribution in [0, 0.1) is 6.92 Å². The minimum absolute atomic E-state index is 0.0492. The van der Waals surface area contributed by atoms with Crippen LogP contribution in [0.3, 0.4) is 0 Å². The highest BCUT2D eigenvalue weighted by Gasteiger charge is 2.24. The molecular weight excluding hydrogens is 300 g/mol. The Balaban J connectivity index is 1.51. The number of amides is 2. The Hall–Kier alpha value is -2.33. The number of hydrogen-bond acceptors (Lipinski definition) is 2. The average Bonchev–Trinajstić information content (AvgIpc) is 2.63. The fraction of sp³-hybridized carbons (Fsp3) is 0.350. The number of urea groups is 1. The number of carbonyl (C=O) groups excluding carboxylic acids is 1. The van der Waals surface area contributed by atoms with Crippen LogP contribution in [-0.4, -0.2) is 30.1 Å². The molecule has 1 atom stereocenters. The van der Waals surface area contributed by atoms with Crippen molar-refractivity contribution >= 4 is 11.7 Å². The Morgan fingerprint density at radius 1 is 1.17 bits per heavy atom. The molecule has 4 heteroatoms. The summed E-state index contributed by atoms with van der Waals surface area (Å²) in [5, 5.41) is 2.96. The van der Waals surface area contributed by atoms with Gasteiger partial charge in [0.05, 0.1) is 12.7 Å². The van der Waals surface area contributed by atoms with E-state index < -0.39 is 0 Å². The molecule has 0 saturated carbocycles. The lowest BCUT2D eigenvalue weighted by Gasteiger charge is -2.32. The largest absolute Gasteiger partial charge is 0.372 e. The lowest BCUT2D eigenvalue weighted by atomic mass is 10.1. The zero-order valence-corrected chi connectivity index (χ0v) is 14.1. The van der Waals surface area contributed by atoms with E-state index in [0.29, 0.717) is 13.2 Å². The van der Waals surface area contributed by atoms with Gasteiger partial charge in [-0.05, 0) is 37.5 Å². The number of ether oxygens (including phenoxy) is 1. The molecule has 1 heterocycles. The maximum absolute atomic E-state index is 12.4. The van der Waals surface area contributed by atoms with Gasteiger partial charge in [-0.15, -0.1) is 0 Å². The quantitative estimate of drug-likeness (QED) is 0.915. The van der Waals surface area contributed by atoms with E-state index in [0.717, 1.165) is 25.1 Å². The highest BCUT2D eigenvalue weighted by Crippen LogP contribution is 2.17. The first-order valence-corrected chi connectivity index (χ1v) is 8.49. The maximum atomic E-state index is 12.4. The first-order valence-electron chi connectivity index (χ1n) is 8.49. The molecule has 1 N–H and O–H groups in total. The van der Waals surface area contributed by atoms with Crippen LogP contribution >= 0.6 is 0 Å². The Morgan fingerprint density at radius 2 is 1.92 bits per heavy atom. The van der Waals surface area contributed by atoms with Crippen LogP contribution in [0.4, 0.5) is 10.5 Å². The molecule has 0 radical (unpaired) electrons. The van der Waals surface area contributed by atoms with Crippen molar-refractivity contribution in [2.75, 3.05) is 18.4 Å². The predicted molar refractivity (Wildman–Crippen MR) is 96.0 cm³/mol. The Kier molecular flexibility index (Phi) is 5.49. The molecule has 1 fully saturated rings. The topological polar surface area (TPSA) is 41.6 Å². The number of benzene rings is 2. The maximum Gasteiger partial charge on any atom is 0.321 e. The molecule has 2 aromatic rings. The Bertz CT molecular complexity index is 655. The van der Waals surface area contributed by atoms with Gasteiger partial charge in [-0.3, -0.25) is 0 Å². The zero-order valence-electron chi connectivity index (χ0n) is 14.1. The molecule has 1 aliphatic rings. The second kappa shape index (κ2) is 7.97. The van der Waals surface area contributed by atoms with Crippen LogP contribution in [0.1, 0.15) is 24.0 Å². The van der Waals surface area contributed by atoms with E-state index in [-0.39, 0.29) is 12.1 Å². The van der Waals surface area contributed by atoms with E-state index in [4.69, 9.17) is 4.74 Å². The minimum atomic E-state index is -0.0492. The van der Waals surface area contributed by atoms with Crippen molar-refractivity contribution < 1.29 is 9.53 Å². The number of likely N-dealkylation sites (tertiary alicyclic amines) is 1. The minimum Gasteiger partial charge on any atom is -0.372 e. The van der Waals surface area contributed by atoms with Crippen LogP contribution in [0.15, 0.2) is 54.6 Å². The van der Waals surface area contributed by atoms with E-state index in [1.165, 1.54) is 11.1 Å². The first-order chi connectivity index (χ1) is 11.7. The summed E-state index contributed by atoms with van der Waals surface area (Å²) in [6.45, 7) is 4.05. The van der Waals surface area contributed by atoms with Gasteiger partial charge in [0.1, 0.15) is 0 Å². The van der Waals surface area contributed by atoms with Gasteiger partial charge in [0.2, 0.25) is 0 Å². The smallest absolute Gasteiger partial charge is 0.321 e. The highest BCUT2D eigenvalue weighted by atomic mass is 16.5. The fourth-order valence-electron chi connectivity index (χ4n) is 2.89. The molecule has 24 heavy (non-hydrogen) atoms. The number of piperidine rings is 1. The third kappa shape index (κ3) is 4.59. The van der Waals surface area contributed by atoms with Crippen LogP contribution in [-0.2, 0) is 11.3 Å². The molecule has 4 nitrogen and oxygen atoms in total. The lowest BCUT2D eigenvalue weighted by Crippen LogP contribution is -2.45. The number of carbonyl (C=O) groups is 1. The number of nitrogens with zero attached hydrogens (tertiary/aromatic N) is 1. The van der Waals surface area contributed by atoms with Gasteiger partial charge in [0, 0.05) is 18.8 Å². The Labute approximate surface area is 143 Å². The monoisotopic (exact) mass is 324 g/mol. The van der Waals surface area contributed by atoms with E-state index >= 15 is 0 Å². The fourth-order valence-corrected chi connectivity index (χ4v) is 2.89. The summed E-state index contributed by atoms with van der Waals surface area (Å²) >= 11 is 0. The van der Waals surface area contributed by atoms with Crippen LogP contribution in [0.2, 0.25) is 0 Å². The van der Waals surface area contributed by atoms with Crippen molar-refractivity contribution in [3.63, 3.8) is 0 Å². The molecule has 126 valence electrons. The molecule has 3 rings (SSSR count). The number of hydrogen-bond donors (Lipinski definition) is 1. The van der Waals surface area contributed by atoms with E-state index in [9.17, 15) is 4.79 Å². The molecule has 0 spiro atoms. The van der Waals surface area contributed by atoms with Crippen molar-refractivity contribution in [1.29, 1.82) is 0 Å². The van der Waals surface area contributed by atoms with Gasteiger partial charge < -0.3 is 15.0 Å². The number of aryl methyl sites for hydroxylation is 1. The standard InChI is InChI=1S/C20H24N2O2/c1-16-9-11-18(12-10-16)21-20(23)22-13-5-8-19(14-22)24-15-17-6-3-2-4-7-17/h2-4,6-7,9-12,19H,5,8,13-15H2,1H3,(H,21,23)/t19-/m1/s1. The summed E-state index contributed by atoms with van der Waals surface area (Å²) in [4.78, 5) is 14.3. The Morgan fingerprint density at radius 3 is 2.67 bits per heavy atom. The van der Waals surface area contributed by atoms with E-state index in [1.54, 1.807) is 0 Å². The summed E-state index contributed by atoms with van der Waals surface area (Å²) in [7, 11) is 0. The summed E-state index contributed by atoms with van der Waals surface area (Å²) in [6, 6.07) is 18.0. The highest BCUT2D eigenvalue weighted by molar-refractivity contribution is 5.89. The third-order valence-electron chi connectivity index (χ3n) is 4.30. The van der Waals surface area contributed by atoms with Gasteiger partial charge in [0.25, 0.3) is 0 Å². The summed E-state index contributed by atoms with van der Waals surface area (Å²) in [5.41, 5.74) is 3.18. The van der Waals surface area contributed by atoms with Crippen LogP contribution in [0.5, 0.6) is 0 Å². The molecule has 0 aliphatic carbocycles. The summed E-state index contributed by atoms with van der Waals surface area (Å²) in [6.07, 6.45) is 2.07. The average molecular weight is 324 g/mol. The number of anilines is 1. The van der Waals surface area contributed by atoms with E-state index in [2.05, 4.69) is 17.4 Å². The van der Waals surface area contributed by atoms with Crippen molar-refractivity contribution in [3.8, 4) is 0 Å². The van der Waals surface area contributed by atoms with Crippen molar-refractivity contribution in [3.05, 3.63) is 65.7 Å². The zero-order chi connectivity index (χ0) is 16.8. The molecule has 1 aliphatic heterocycles. The summed E-state index contributed by atoms with van der Waals surface area (Å²) in [5.74, 6) is 0. The van der Waals surface area contributed by atoms with Crippen LogP contribution < -0.4 is 5.32 Å². The molecule has 0 aromatic heterocycles. The predicted octanol–water partition coefficient (Wildman–Crippen LogP) is 4.21. The van der Waals surface area contributed by atoms with Crippen molar-refractivity contribution in [2.24, 2.45) is 0 Å². The second-order valence-electron chi connectivity index (χ2n) is 6.30. The molecule has 2 aromatic carbocycles. The van der Waals surface area contributed by atoms with Gasteiger partial charge in [-0.1, -0.05) is 48.0 Å². The number of nitrogens with one attached hydrogen (secondary N) is 1. The molecule has 1 saturated heterocycles. The SMILES string of the molecule is Cc1ccc(NC(=O)N2CCC[C@@H](OCc3ccccc3)C2)cc1. The molecule has 0 unspecified atom stereocenters. The van der Waals surface area contributed by atoms with Crippen molar-refractivity contribution in [2.45, 2.75) is 32.5 Å². The number of rotatable bonds is 4. The van der Waals surface area contributed by atoms with E-state index in [1.807, 2.05) is 54.3 Å². The van der Waals surface area contributed by atoms with Gasteiger partial charge in [-0.25, -0.2) is 4.79 Å². The first kappa shape index (κ1) is 16.5. The molecule has 2 amide bonds. The van der Waals surface area contributed by atoms with Gasteiger partial charge >= 0.3 is 6.03 Å². The normalized spacial score (nSPS) is 17.5. The van der Waals surface area contributed by atoms with Crippen LogP contribution in [0.25, 0.3) is 0 Å². The van der Waals surface area contributed by atoms with Gasteiger partial charge in [0.15, 0.2) is 0 Å². The molecular formula is C20H24N2O2. The lowest BCUT2D eigenvalue weighted by molar-refractivity contribution is 0.00102. The summed E-state index contributed by atoms with van der Waals surface area (Å²) < 4.78 is 5.99.